The molecular formula is C19H34N2O2. The molecule has 0 bridgehead atoms. The lowest BCUT2D eigenvalue weighted by Gasteiger charge is -2.30. The summed E-state index contributed by atoms with van der Waals surface area (Å²) >= 11 is 0. The van der Waals surface area contributed by atoms with Crippen LogP contribution in [0.25, 0.3) is 0 Å². The highest BCUT2D eigenvalue weighted by molar-refractivity contribution is 5.93. The van der Waals surface area contributed by atoms with Crippen molar-refractivity contribution in [3.05, 3.63) is 0 Å². The fraction of sp³-hybridized carbons (Fsp3) is 0.895. The van der Waals surface area contributed by atoms with Gasteiger partial charge in [0, 0.05) is 24.8 Å². The molecule has 2 rings (SSSR count). The number of carbonyl (C=O) groups excluding carboxylic acids is 1. The van der Waals surface area contributed by atoms with Crippen LogP contribution in [0.2, 0.25) is 0 Å². The molecule has 1 aliphatic carbocycles. The van der Waals surface area contributed by atoms with E-state index >= 15 is 0 Å². The highest BCUT2D eigenvalue weighted by Gasteiger charge is 2.33. The predicted octanol–water partition coefficient (Wildman–Crippen LogP) is 4.04. The highest BCUT2D eigenvalue weighted by atomic mass is 16.6. The fourth-order valence-corrected chi connectivity index (χ4v) is 4.14. The zero-order valence-electron chi connectivity index (χ0n) is 15.1. The monoisotopic (exact) mass is 322 g/mol. The Morgan fingerprint density at radius 3 is 2.48 bits per heavy atom. The van der Waals surface area contributed by atoms with Crippen molar-refractivity contribution in [3.8, 4) is 0 Å². The number of nitrogens with zero attached hydrogens (tertiary/aromatic N) is 2. The summed E-state index contributed by atoms with van der Waals surface area (Å²) in [5.74, 6) is 0.847. The maximum absolute atomic E-state index is 12.8. The Labute approximate surface area is 141 Å². The molecule has 1 heterocycles. The summed E-state index contributed by atoms with van der Waals surface area (Å²) in [5.41, 5.74) is 1.12. The molecular weight excluding hydrogens is 288 g/mol. The van der Waals surface area contributed by atoms with Crippen LogP contribution in [-0.2, 0) is 9.63 Å². The molecule has 132 valence electrons. The molecule has 2 fully saturated rings. The first-order valence-electron chi connectivity index (χ1n) is 9.53. The molecule has 1 aliphatic heterocycles. The second-order valence-corrected chi connectivity index (χ2v) is 7.32. The number of hydrogen-bond acceptors (Lipinski definition) is 4. The van der Waals surface area contributed by atoms with E-state index in [1.54, 1.807) is 7.11 Å². The van der Waals surface area contributed by atoms with Crippen LogP contribution in [0.1, 0.15) is 70.6 Å². The van der Waals surface area contributed by atoms with Crippen LogP contribution < -0.4 is 0 Å². The van der Waals surface area contributed by atoms with Gasteiger partial charge in [-0.25, -0.2) is 0 Å². The van der Waals surface area contributed by atoms with Crippen molar-refractivity contribution >= 4 is 11.5 Å². The molecule has 23 heavy (non-hydrogen) atoms. The van der Waals surface area contributed by atoms with Crippen LogP contribution in [0.5, 0.6) is 0 Å². The summed E-state index contributed by atoms with van der Waals surface area (Å²) in [5, 5.41) is 4.37. The zero-order valence-corrected chi connectivity index (χ0v) is 15.1. The molecule has 1 saturated carbocycles. The molecule has 4 heteroatoms. The normalized spacial score (nSPS) is 31.4. The molecule has 0 amide bonds. The number of carbonyl (C=O) groups is 1. The zero-order chi connectivity index (χ0) is 16.5. The lowest BCUT2D eigenvalue weighted by Crippen LogP contribution is -2.38. The first kappa shape index (κ1) is 18.4. The van der Waals surface area contributed by atoms with Gasteiger partial charge >= 0.3 is 0 Å². The van der Waals surface area contributed by atoms with Crippen molar-refractivity contribution in [2.75, 3.05) is 27.2 Å². The first-order valence-corrected chi connectivity index (χ1v) is 9.53. The van der Waals surface area contributed by atoms with Crippen molar-refractivity contribution in [2.45, 2.75) is 70.6 Å². The molecule has 0 aromatic rings. The van der Waals surface area contributed by atoms with Gasteiger partial charge in [0.05, 0.1) is 5.71 Å². The lowest BCUT2D eigenvalue weighted by molar-refractivity contribution is -0.124. The highest BCUT2D eigenvalue weighted by Crippen LogP contribution is 2.29. The van der Waals surface area contributed by atoms with Crippen LogP contribution >= 0.6 is 0 Å². The third-order valence-corrected chi connectivity index (χ3v) is 5.46. The molecule has 0 aromatic heterocycles. The number of hydrogen-bond donors (Lipinski definition) is 0. The summed E-state index contributed by atoms with van der Waals surface area (Å²) < 4.78 is 0. The Hall–Kier alpha value is -0.900. The van der Waals surface area contributed by atoms with Gasteiger partial charge in [-0.1, -0.05) is 37.3 Å². The average Bonchev–Trinajstić information content (AvgIpc) is 2.68. The van der Waals surface area contributed by atoms with Gasteiger partial charge in [-0.05, 0) is 45.7 Å². The van der Waals surface area contributed by atoms with E-state index in [0.717, 1.165) is 50.9 Å². The van der Waals surface area contributed by atoms with Crippen molar-refractivity contribution < 1.29 is 9.63 Å². The van der Waals surface area contributed by atoms with Crippen LogP contribution in [0.15, 0.2) is 5.16 Å². The maximum Gasteiger partial charge on any atom is 0.136 e. The van der Waals surface area contributed by atoms with Crippen LogP contribution in [0.3, 0.4) is 0 Å². The smallest absolute Gasteiger partial charge is 0.136 e. The van der Waals surface area contributed by atoms with E-state index in [1.807, 2.05) is 0 Å². The Kier molecular flexibility index (Phi) is 8.07. The molecule has 0 radical (unpaired) electrons. The van der Waals surface area contributed by atoms with Crippen molar-refractivity contribution in [3.63, 3.8) is 0 Å². The molecule has 2 atom stereocenters. The van der Waals surface area contributed by atoms with E-state index < -0.39 is 0 Å². The van der Waals surface area contributed by atoms with Crippen molar-refractivity contribution in [1.82, 2.24) is 4.90 Å². The van der Waals surface area contributed by atoms with E-state index in [-0.39, 0.29) is 11.8 Å². The van der Waals surface area contributed by atoms with Gasteiger partial charge in [-0.15, -0.1) is 0 Å². The summed E-state index contributed by atoms with van der Waals surface area (Å²) in [6.45, 7) is 2.07. The first-order chi connectivity index (χ1) is 11.2. The van der Waals surface area contributed by atoms with Crippen molar-refractivity contribution in [2.24, 2.45) is 17.0 Å². The fourth-order valence-electron chi connectivity index (χ4n) is 4.14. The molecule has 1 saturated heterocycles. The minimum Gasteiger partial charge on any atom is -0.399 e. The van der Waals surface area contributed by atoms with Gasteiger partial charge in [-0.3, -0.25) is 4.79 Å². The van der Waals surface area contributed by atoms with E-state index in [2.05, 4.69) is 17.1 Å². The minimum absolute atomic E-state index is 0.141. The van der Waals surface area contributed by atoms with E-state index in [9.17, 15) is 4.79 Å². The lowest BCUT2D eigenvalue weighted by atomic mass is 9.79. The Bertz CT molecular complexity index is 395. The van der Waals surface area contributed by atoms with E-state index in [4.69, 9.17) is 4.84 Å². The van der Waals surface area contributed by atoms with Crippen LogP contribution in [0.4, 0.5) is 0 Å². The molecule has 0 N–H and O–H groups in total. The summed E-state index contributed by atoms with van der Waals surface area (Å²) in [4.78, 5) is 20.4. The Balaban J connectivity index is 2.21. The maximum atomic E-state index is 12.8. The molecule has 2 aliphatic rings. The topological polar surface area (TPSA) is 41.9 Å². The minimum atomic E-state index is 0.141. The van der Waals surface area contributed by atoms with Gasteiger partial charge in [0.25, 0.3) is 0 Å². The third-order valence-electron chi connectivity index (χ3n) is 5.46. The Morgan fingerprint density at radius 1 is 0.957 bits per heavy atom. The molecule has 2 unspecified atom stereocenters. The van der Waals surface area contributed by atoms with Crippen LogP contribution in [0, 0.1) is 11.8 Å². The van der Waals surface area contributed by atoms with Gasteiger partial charge in [0.1, 0.15) is 12.9 Å². The van der Waals surface area contributed by atoms with Crippen LogP contribution in [-0.4, -0.2) is 43.6 Å². The molecule has 0 aromatic carbocycles. The third kappa shape index (κ3) is 5.91. The Morgan fingerprint density at radius 2 is 1.65 bits per heavy atom. The standard InChI is InChI=1S/C19H34N2O2/c1-21-14-10-6-8-12-18(20-23-2)17(15-21)16-11-7-4-3-5-9-13-19(16)22/h16-17H,3-15H2,1-2H3. The average molecular weight is 322 g/mol. The number of ketones is 1. The van der Waals surface area contributed by atoms with Gasteiger partial charge in [0.2, 0.25) is 0 Å². The van der Waals surface area contributed by atoms with E-state index in [1.165, 1.54) is 38.5 Å². The number of oxime groups is 1. The van der Waals surface area contributed by atoms with Gasteiger partial charge < -0.3 is 9.74 Å². The second kappa shape index (κ2) is 10.1. The quantitative estimate of drug-likeness (QED) is 0.721. The molecule has 4 nitrogen and oxygen atoms in total. The van der Waals surface area contributed by atoms with Gasteiger partial charge in [0.15, 0.2) is 0 Å². The molecule has 0 spiro atoms. The van der Waals surface area contributed by atoms with Crippen molar-refractivity contribution in [1.29, 1.82) is 0 Å². The SMILES string of the molecule is CON=C1CCCCCN(C)CC1C1CCCCCCCC1=O. The largest absolute Gasteiger partial charge is 0.399 e. The predicted molar refractivity (Wildman–Crippen MR) is 94.7 cm³/mol. The van der Waals surface area contributed by atoms with Gasteiger partial charge in [-0.2, -0.15) is 0 Å². The summed E-state index contributed by atoms with van der Waals surface area (Å²) in [7, 11) is 3.81. The van der Waals surface area contributed by atoms with E-state index in [0.29, 0.717) is 5.78 Å². The number of rotatable bonds is 2. The number of Topliss-reactive ketones (excluding diaryl/α,β-unsaturated/α-hetero) is 1. The summed E-state index contributed by atoms with van der Waals surface area (Å²) in [6, 6.07) is 0. The summed E-state index contributed by atoms with van der Waals surface area (Å²) in [6.07, 6.45) is 12.4. The second-order valence-electron chi connectivity index (χ2n) is 7.32.